The number of nitrogens with zero attached hydrogens (tertiary/aromatic N) is 3. The van der Waals surface area contributed by atoms with E-state index >= 15 is 0 Å². The molecular weight excluding hydrogens is 516 g/mol. The molecule has 4 N–H and O–H groups in total. The van der Waals surface area contributed by atoms with Gasteiger partial charge in [-0.1, -0.05) is 13.8 Å². The average Bonchev–Trinajstić information content (AvgIpc) is 3.51. The summed E-state index contributed by atoms with van der Waals surface area (Å²) in [5.41, 5.74) is 2.44. The Balaban J connectivity index is 1.76. The number of rotatable bonds is 13. The van der Waals surface area contributed by atoms with Crippen molar-refractivity contribution in [3.63, 3.8) is 0 Å². The van der Waals surface area contributed by atoms with Gasteiger partial charge in [0.25, 0.3) is 0 Å². The van der Waals surface area contributed by atoms with E-state index in [4.69, 9.17) is 4.74 Å². The molecule has 0 fully saturated rings. The molecule has 2 heterocycles. The summed E-state index contributed by atoms with van der Waals surface area (Å²) < 4.78 is 5.17. The van der Waals surface area contributed by atoms with Gasteiger partial charge in [-0.15, -0.1) is 22.7 Å². The van der Waals surface area contributed by atoms with Crippen LogP contribution in [-0.4, -0.2) is 69.3 Å². The fourth-order valence-electron chi connectivity index (χ4n) is 3.29. The summed E-state index contributed by atoms with van der Waals surface area (Å²) in [6.07, 6.45) is 1.21. The third-order valence-electron chi connectivity index (χ3n) is 5.47. The predicted molar refractivity (Wildman–Crippen MR) is 143 cm³/mol. The standard InChI is InChI=1S/C24H38N6O5S2/c1-14(2)22-28-18(12-36-22)10-30(6)23(33)29-20(17(5)31)21(32)26-15(3)7-8-16(4)27-24(34)35-11-19-9-25-13-37-19/h9,12-17,20,31H,7-8,10-11H2,1-6H3,(H,26,32)(H,27,34)(H,29,33)/t15-,16-,17?,20-/m0/s1. The SMILES string of the molecule is CC(C)c1nc(CN(C)C(=O)N[C@H](C(=O)N[C@@H](C)CC[C@H](C)NC(=O)OCc2cncs2)C(C)O)cs1. The van der Waals surface area contributed by atoms with E-state index in [9.17, 15) is 19.5 Å². The Kier molecular flexibility index (Phi) is 12.2. The van der Waals surface area contributed by atoms with Crippen molar-refractivity contribution in [3.8, 4) is 0 Å². The van der Waals surface area contributed by atoms with Crippen LogP contribution in [0.3, 0.4) is 0 Å². The van der Waals surface area contributed by atoms with Gasteiger partial charge in [0.2, 0.25) is 5.91 Å². The topological polar surface area (TPSA) is 146 Å². The maximum Gasteiger partial charge on any atom is 0.407 e. The van der Waals surface area contributed by atoms with E-state index in [1.54, 1.807) is 30.1 Å². The molecule has 1 unspecified atom stereocenters. The number of aliphatic hydroxyl groups excluding tert-OH is 1. The Morgan fingerprint density at radius 3 is 2.30 bits per heavy atom. The second kappa shape index (κ2) is 14.8. The van der Waals surface area contributed by atoms with Crippen LogP contribution in [-0.2, 0) is 22.7 Å². The Bertz CT molecular complexity index is 998. The van der Waals surface area contributed by atoms with Crippen LogP contribution in [0, 0.1) is 0 Å². The number of hydrogen-bond acceptors (Lipinski definition) is 9. The zero-order valence-electron chi connectivity index (χ0n) is 22.2. The molecule has 4 amide bonds. The predicted octanol–water partition coefficient (Wildman–Crippen LogP) is 3.21. The number of thiazole rings is 2. The number of ether oxygens (including phenoxy) is 1. The molecule has 0 saturated heterocycles. The highest BCUT2D eigenvalue weighted by atomic mass is 32.1. The lowest BCUT2D eigenvalue weighted by atomic mass is 10.1. The summed E-state index contributed by atoms with van der Waals surface area (Å²) in [5.74, 6) is -0.172. The average molecular weight is 555 g/mol. The molecule has 0 spiro atoms. The second-order valence-electron chi connectivity index (χ2n) is 9.43. The highest BCUT2D eigenvalue weighted by Crippen LogP contribution is 2.19. The van der Waals surface area contributed by atoms with Gasteiger partial charge in [-0.25, -0.2) is 14.6 Å². The van der Waals surface area contributed by atoms with Crippen LogP contribution >= 0.6 is 22.7 Å². The van der Waals surface area contributed by atoms with Gasteiger partial charge in [-0.2, -0.15) is 0 Å². The first-order chi connectivity index (χ1) is 17.5. The van der Waals surface area contributed by atoms with Crippen LogP contribution < -0.4 is 16.0 Å². The first kappa shape index (κ1) is 30.5. The summed E-state index contributed by atoms with van der Waals surface area (Å²) in [6, 6.07) is -2.01. The van der Waals surface area contributed by atoms with Crippen LogP contribution in [0.1, 0.15) is 69.0 Å². The van der Waals surface area contributed by atoms with Gasteiger partial charge in [-0.3, -0.25) is 9.78 Å². The van der Waals surface area contributed by atoms with Crippen molar-refractivity contribution >= 4 is 40.7 Å². The molecule has 0 bridgehead atoms. The van der Waals surface area contributed by atoms with Crippen molar-refractivity contribution in [2.75, 3.05) is 7.05 Å². The maximum atomic E-state index is 12.8. The molecular formula is C24H38N6O5S2. The van der Waals surface area contributed by atoms with Gasteiger partial charge in [0, 0.05) is 36.6 Å². The molecule has 11 nitrogen and oxygen atoms in total. The van der Waals surface area contributed by atoms with E-state index in [0.717, 1.165) is 15.6 Å². The zero-order chi connectivity index (χ0) is 27.5. The molecule has 0 radical (unpaired) electrons. The van der Waals surface area contributed by atoms with Gasteiger partial charge in [0.05, 0.1) is 33.7 Å². The summed E-state index contributed by atoms with van der Waals surface area (Å²) in [5, 5.41) is 21.3. The Morgan fingerprint density at radius 1 is 1.05 bits per heavy atom. The second-order valence-corrected chi connectivity index (χ2v) is 11.3. The molecule has 37 heavy (non-hydrogen) atoms. The van der Waals surface area contributed by atoms with Crippen LogP contribution in [0.2, 0.25) is 0 Å². The van der Waals surface area contributed by atoms with E-state index in [0.29, 0.717) is 18.8 Å². The molecule has 0 aliphatic heterocycles. The van der Waals surface area contributed by atoms with Crippen molar-refractivity contribution in [1.29, 1.82) is 0 Å². The van der Waals surface area contributed by atoms with Crippen molar-refractivity contribution in [3.05, 3.63) is 32.7 Å². The molecule has 2 rings (SSSR count). The zero-order valence-corrected chi connectivity index (χ0v) is 23.8. The number of aromatic nitrogens is 2. The summed E-state index contributed by atoms with van der Waals surface area (Å²) >= 11 is 2.96. The minimum Gasteiger partial charge on any atom is -0.444 e. The third kappa shape index (κ3) is 10.6. The fraction of sp³-hybridized carbons (Fsp3) is 0.625. The quantitative estimate of drug-likeness (QED) is 0.297. The molecule has 0 aromatic carbocycles. The first-order valence-electron chi connectivity index (χ1n) is 12.2. The number of urea groups is 1. The normalized spacial score (nSPS) is 14.4. The molecule has 2 aromatic heterocycles. The van der Waals surface area contributed by atoms with Crippen LogP contribution in [0.15, 0.2) is 17.1 Å². The van der Waals surface area contributed by atoms with Gasteiger partial charge >= 0.3 is 12.1 Å². The molecule has 206 valence electrons. The number of carbonyl (C=O) groups excluding carboxylic acids is 3. The number of nitrogens with one attached hydrogen (secondary N) is 3. The maximum absolute atomic E-state index is 12.8. The lowest BCUT2D eigenvalue weighted by Gasteiger charge is -2.26. The molecule has 2 aromatic rings. The minimum atomic E-state index is -1.11. The highest BCUT2D eigenvalue weighted by Gasteiger charge is 2.28. The summed E-state index contributed by atoms with van der Waals surface area (Å²) in [7, 11) is 1.61. The van der Waals surface area contributed by atoms with E-state index in [1.165, 1.54) is 23.2 Å². The highest BCUT2D eigenvalue weighted by molar-refractivity contribution is 7.09. The Morgan fingerprint density at radius 2 is 1.73 bits per heavy atom. The summed E-state index contributed by atoms with van der Waals surface area (Å²) in [6.45, 7) is 9.70. The first-order valence-corrected chi connectivity index (χ1v) is 14.0. The van der Waals surface area contributed by atoms with Crippen molar-refractivity contribution in [1.82, 2.24) is 30.8 Å². The Labute approximate surface area is 226 Å². The number of hydrogen-bond donors (Lipinski definition) is 4. The van der Waals surface area contributed by atoms with Gasteiger partial charge in [-0.05, 0) is 33.6 Å². The van der Waals surface area contributed by atoms with Crippen LogP contribution in [0.4, 0.5) is 9.59 Å². The molecule has 0 saturated carbocycles. The lowest BCUT2D eigenvalue weighted by molar-refractivity contribution is -0.126. The third-order valence-corrected chi connectivity index (χ3v) is 7.41. The van der Waals surface area contributed by atoms with Gasteiger partial charge in [0.15, 0.2) is 0 Å². The molecule has 4 atom stereocenters. The number of alkyl carbamates (subject to hydrolysis) is 1. The van der Waals surface area contributed by atoms with Crippen LogP contribution in [0.5, 0.6) is 0 Å². The minimum absolute atomic E-state index is 0.167. The summed E-state index contributed by atoms with van der Waals surface area (Å²) in [4.78, 5) is 48.2. The number of aliphatic hydroxyl groups is 1. The van der Waals surface area contributed by atoms with E-state index < -0.39 is 30.2 Å². The van der Waals surface area contributed by atoms with Crippen molar-refractivity contribution < 1.29 is 24.2 Å². The molecule has 0 aliphatic carbocycles. The number of amides is 4. The van der Waals surface area contributed by atoms with E-state index in [-0.39, 0.29) is 25.2 Å². The monoisotopic (exact) mass is 554 g/mol. The largest absolute Gasteiger partial charge is 0.444 e. The lowest BCUT2D eigenvalue weighted by Crippen LogP contribution is -2.56. The van der Waals surface area contributed by atoms with Crippen molar-refractivity contribution in [2.24, 2.45) is 0 Å². The van der Waals surface area contributed by atoms with Gasteiger partial charge < -0.3 is 30.7 Å². The van der Waals surface area contributed by atoms with Gasteiger partial charge in [0.1, 0.15) is 12.6 Å². The smallest absolute Gasteiger partial charge is 0.407 e. The molecule has 13 heteroatoms. The fourth-order valence-corrected chi connectivity index (χ4v) is 4.63. The molecule has 0 aliphatic rings. The van der Waals surface area contributed by atoms with Crippen molar-refractivity contribution in [2.45, 2.75) is 90.8 Å². The van der Waals surface area contributed by atoms with E-state index in [1.807, 2.05) is 19.2 Å². The Hall–Kier alpha value is -2.77. The number of carbonyl (C=O) groups is 3. The van der Waals surface area contributed by atoms with E-state index in [2.05, 4.69) is 39.8 Å². The van der Waals surface area contributed by atoms with Crippen LogP contribution in [0.25, 0.3) is 0 Å².